The third-order valence-electron chi connectivity index (χ3n) is 1.47. The number of ether oxygens (including phenoxy) is 1. The van der Waals surface area contributed by atoms with E-state index in [0.717, 1.165) is 4.88 Å². The van der Waals surface area contributed by atoms with Crippen LogP contribution >= 0.6 is 11.3 Å². The number of hydrogen-bond acceptors (Lipinski definition) is 4. The molecule has 1 aromatic rings. The lowest BCUT2D eigenvalue weighted by Gasteiger charge is -1.90. The molecule has 74 valence electrons. The normalized spacial score (nSPS) is 9.00. The second-order valence-corrected chi connectivity index (χ2v) is 3.57. The Morgan fingerprint density at radius 1 is 1.64 bits per heavy atom. The minimum Gasteiger partial charge on any atom is -0.465 e. The summed E-state index contributed by atoms with van der Waals surface area (Å²) in [7, 11) is 3.21. The highest BCUT2D eigenvalue weighted by Gasteiger charge is 2.07. The predicted molar refractivity (Wildman–Crippen MR) is 56.5 cm³/mol. The van der Waals surface area contributed by atoms with Crippen molar-refractivity contribution in [1.82, 2.24) is 5.32 Å². The van der Waals surface area contributed by atoms with E-state index >= 15 is 0 Å². The van der Waals surface area contributed by atoms with Crippen LogP contribution in [0.15, 0.2) is 12.1 Å². The van der Waals surface area contributed by atoms with E-state index in [1.165, 1.54) is 18.4 Å². The van der Waals surface area contributed by atoms with Crippen molar-refractivity contribution in [3.8, 4) is 11.8 Å². The summed E-state index contributed by atoms with van der Waals surface area (Å²) >= 11 is 1.34. The van der Waals surface area contributed by atoms with Crippen LogP contribution in [0.4, 0.5) is 0 Å². The second kappa shape index (κ2) is 5.43. The van der Waals surface area contributed by atoms with Gasteiger partial charge in [-0.1, -0.05) is 11.8 Å². The van der Waals surface area contributed by atoms with Crippen molar-refractivity contribution in [2.24, 2.45) is 0 Å². The van der Waals surface area contributed by atoms with Gasteiger partial charge in [-0.25, -0.2) is 4.79 Å². The Balaban J connectivity index is 2.70. The van der Waals surface area contributed by atoms with E-state index in [4.69, 9.17) is 0 Å². The standard InChI is InChI=1S/C10H11NO2S/c1-11-7-3-4-8-5-6-9(14-8)10(12)13-2/h5-6,11H,7H2,1-2H3. The number of carbonyl (C=O) groups excluding carboxylic acids is 1. The summed E-state index contributed by atoms with van der Waals surface area (Å²) in [6, 6.07) is 3.54. The molecule has 14 heavy (non-hydrogen) atoms. The zero-order valence-electron chi connectivity index (χ0n) is 8.09. The van der Waals surface area contributed by atoms with Crippen molar-refractivity contribution >= 4 is 17.3 Å². The van der Waals surface area contributed by atoms with E-state index in [1.54, 1.807) is 6.07 Å². The predicted octanol–water partition coefficient (Wildman–Crippen LogP) is 1.11. The summed E-state index contributed by atoms with van der Waals surface area (Å²) in [6.45, 7) is 0.644. The molecule has 1 rings (SSSR count). The summed E-state index contributed by atoms with van der Waals surface area (Å²) in [5.74, 6) is 5.55. The minimum atomic E-state index is -0.309. The molecule has 0 spiro atoms. The number of thiophene rings is 1. The Morgan fingerprint density at radius 3 is 3.07 bits per heavy atom. The Morgan fingerprint density at radius 2 is 2.43 bits per heavy atom. The molecular formula is C10H11NO2S. The highest BCUT2D eigenvalue weighted by molar-refractivity contribution is 7.14. The van der Waals surface area contributed by atoms with Crippen LogP contribution in [0.2, 0.25) is 0 Å². The fourth-order valence-electron chi connectivity index (χ4n) is 0.835. The molecular weight excluding hydrogens is 198 g/mol. The quantitative estimate of drug-likeness (QED) is 0.585. The van der Waals surface area contributed by atoms with Crippen molar-refractivity contribution in [3.63, 3.8) is 0 Å². The molecule has 0 fully saturated rings. The van der Waals surface area contributed by atoms with Gasteiger partial charge in [0.2, 0.25) is 0 Å². The molecule has 3 nitrogen and oxygen atoms in total. The van der Waals surface area contributed by atoms with Crippen LogP contribution in [0.25, 0.3) is 0 Å². The first-order valence-corrected chi connectivity index (χ1v) is 4.91. The van der Waals surface area contributed by atoms with E-state index in [9.17, 15) is 4.79 Å². The first-order chi connectivity index (χ1) is 6.77. The number of methoxy groups -OCH3 is 1. The van der Waals surface area contributed by atoms with Crippen LogP contribution < -0.4 is 5.32 Å². The number of carbonyl (C=O) groups is 1. The molecule has 0 aromatic carbocycles. The lowest BCUT2D eigenvalue weighted by Crippen LogP contribution is -2.04. The van der Waals surface area contributed by atoms with E-state index in [2.05, 4.69) is 21.9 Å². The molecule has 4 heteroatoms. The van der Waals surface area contributed by atoms with Crippen LogP contribution in [0, 0.1) is 11.8 Å². The number of rotatable bonds is 2. The number of esters is 1. The summed E-state index contributed by atoms with van der Waals surface area (Å²) in [6.07, 6.45) is 0. The van der Waals surface area contributed by atoms with Gasteiger partial charge in [-0.05, 0) is 19.2 Å². The molecule has 0 unspecified atom stereocenters. The topological polar surface area (TPSA) is 38.3 Å². The zero-order chi connectivity index (χ0) is 10.4. The molecule has 0 saturated heterocycles. The first kappa shape index (κ1) is 10.8. The summed E-state index contributed by atoms with van der Waals surface area (Å²) in [4.78, 5) is 12.5. The average molecular weight is 209 g/mol. The van der Waals surface area contributed by atoms with Gasteiger partial charge in [0.1, 0.15) is 4.88 Å². The van der Waals surface area contributed by atoms with Gasteiger partial charge in [0.25, 0.3) is 0 Å². The van der Waals surface area contributed by atoms with E-state index in [0.29, 0.717) is 11.4 Å². The third-order valence-corrected chi connectivity index (χ3v) is 2.45. The maximum Gasteiger partial charge on any atom is 0.348 e. The molecule has 0 aliphatic heterocycles. The molecule has 0 aliphatic rings. The summed E-state index contributed by atoms with van der Waals surface area (Å²) in [5.41, 5.74) is 0. The van der Waals surface area contributed by atoms with Crippen molar-refractivity contribution in [2.45, 2.75) is 0 Å². The maximum absolute atomic E-state index is 11.1. The third kappa shape index (κ3) is 2.87. The molecule has 0 amide bonds. The first-order valence-electron chi connectivity index (χ1n) is 4.09. The van der Waals surface area contributed by atoms with Gasteiger partial charge in [0.05, 0.1) is 18.5 Å². The van der Waals surface area contributed by atoms with Crippen LogP contribution in [0.1, 0.15) is 14.5 Å². The minimum absolute atomic E-state index is 0.309. The fourth-order valence-corrected chi connectivity index (χ4v) is 1.63. The van der Waals surface area contributed by atoms with Gasteiger partial charge < -0.3 is 10.1 Å². The van der Waals surface area contributed by atoms with E-state index in [1.807, 2.05) is 13.1 Å². The lowest BCUT2D eigenvalue weighted by atomic mass is 10.4. The molecule has 0 atom stereocenters. The smallest absolute Gasteiger partial charge is 0.348 e. The van der Waals surface area contributed by atoms with Crippen LogP contribution in [0.5, 0.6) is 0 Å². The van der Waals surface area contributed by atoms with Gasteiger partial charge in [0.15, 0.2) is 0 Å². The SMILES string of the molecule is CNCC#Cc1ccc(C(=O)OC)s1. The van der Waals surface area contributed by atoms with Crippen molar-refractivity contribution in [2.75, 3.05) is 20.7 Å². The fraction of sp³-hybridized carbons (Fsp3) is 0.300. The zero-order valence-corrected chi connectivity index (χ0v) is 8.90. The second-order valence-electron chi connectivity index (χ2n) is 2.49. The molecule has 0 aliphatic carbocycles. The van der Waals surface area contributed by atoms with E-state index < -0.39 is 0 Å². The average Bonchev–Trinajstić information content (AvgIpc) is 2.66. The van der Waals surface area contributed by atoms with Crippen molar-refractivity contribution < 1.29 is 9.53 Å². The van der Waals surface area contributed by atoms with Crippen LogP contribution in [-0.2, 0) is 4.74 Å². The monoisotopic (exact) mass is 209 g/mol. The number of nitrogens with one attached hydrogen (secondary N) is 1. The highest BCUT2D eigenvalue weighted by Crippen LogP contribution is 2.15. The summed E-state index contributed by atoms with van der Waals surface area (Å²) < 4.78 is 4.59. The summed E-state index contributed by atoms with van der Waals surface area (Å²) in [5, 5.41) is 2.92. The maximum atomic E-state index is 11.1. The van der Waals surface area contributed by atoms with Gasteiger partial charge >= 0.3 is 5.97 Å². The molecule has 0 radical (unpaired) electrons. The van der Waals surface area contributed by atoms with Gasteiger partial charge in [0, 0.05) is 0 Å². The van der Waals surface area contributed by atoms with E-state index in [-0.39, 0.29) is 5.97 Å². The highest BCUT2D eigenvalue weighted by atomic mass is 32.1. The molecule has 1 heterocycles. The lowest BCUT2D eigenvalue weighted by molar-refractivity contribution is 0.0606. The number of hydrogen-bond donors (Lipinski definition) is 1. The van der Waals surface area contributed by atoms with Gasteiger partial charge in [-0.2, -0.15) is 0 Å². The Hall–Kier alpha value is -1.31. The molecule has 1 N–H and O–H groups in total. The van der Waals surface area contributed by atoms with Crippen molar-refractivity contribution in [3.05, 3.63) is 21.9 Å². The molecule has 0 saturated carbocycles. The van der Waals surface area contributed by atoms with Gasteiger partial charge in [-0.3, -0.25) is 0 Å². The Bertz CT molecular complexity index is 373. The van der Waals surface area contributed by atoms with Crippen LogP contribution in [-0.4, -0.2) is 26.7 Å². The molecule has 0 bridgehead atoms. The Labute approximate surface area is 87.1 Å². The van der Waals surface area contributed by atoms with Crippen molar-refractivity contribution in [1.29, 1.82) is 0 Å². The Kier molecular flexibility index (Phi) is 4.17. The molecule has 1 aromatic heterocycles. The van der Waals surface area contributed by atoms with Crippen LogP contribution in [0.3, 0.4) is 0 Å². The van der Waals surface area contributed by atoms with Gasteiger partial charge in [-0.15, -0.1) is 11.3 Å². The largest absolute Gasteiger partial charge is 0.465 e.